The van der Waals surface area contributed by atoms with Gasteiger partial charge in [-0.2, -0.15) is 5.10 Å². The first-order valence-electron chi connectivity index (χ1n) is 20.6. The van der Waals surface area contributed by atoms with Gasteiger partial charge in [-0.25, -0.2) is 9.37 Å². The molecule has 0 spiro atoms. The van der Waals surface area contributed by atoms with Crippen molar-refractivity contribution in [3.05, 3.63) is 87.5 Å². The molecule has 5 amide bonds. The van der Waals surface area contributed by atoms with Gasteiger partial charge in [-0.15, -0.1) is 0 Å². The number of likely N-dealkylation sites (tertiary alicyclic amines) is 2. The van der Waals surface area contributed by atoms with Crippen LogP contribution in [0.3, 0.4) is 0 Å². The maximum absolute atomic E-state index is 13.9. The molecule has 2 aromatic carbocycles. The molecule has 320 valence electrons. The molecule has 8 rings (SSSR count). The number of carbonyl (C=O) groups excluding carboxylic acids is 5. The lowest BCUT2D eigenvalue weighted by Crippen LogP contribution is -2.54. The van der Waals surface area contributed by atoms with Gasteiger partial charge in [0.15, 0.2) is 11.6 Å². The van der Waals surface area contributed by atoms with E-state index in [2.05, 4.69) is 25.6 Å². The van der Waals surface area contributed by atoms with Gasteiger partial charge in [0.05, 0.1) is 35.0 Å². The molecule has 0 bridgehead atoms. The minimum atomic E-state index is -1.02. The van der Waals surface area contributed by atoms with Crippen molar-refractivity contribution in [2.24, 2.45) is 5.92 Å². The number of nitrogens with zero attached hydrogens (tertiary/aromatic N) is 6. The van der Waals surface area contributed by atoms with Gasteiger partial charge in [0.2, 0.25) is 17.7 Å². The summed E-state index contributed by atoms with van der Waals surface area (Å²) in [6.07, 6.45) is 10.1. The van der Waals surface area contributed by atoms with Crippen molar-refractivity contribution in [1.82, 2.24) is 34.8 Å². The van der Waals surface area contributed by atoms with Crippen LogP contribution in [0, 0.1) is 11.7 Å². The average Bonchev–Trinajstić information content (AvgIpc) is 3.82. The third-order valence-corrected chi connectivity index (χ3v) is 12.7. The smallest absolute Gasteiger partial charge is 0.264 e. The number of hydrogen-bond acceptors (Lipinski definition) is 11. The third kappa shape index (κ3) is 9.07. The Balaban J connectivity index is 0.727. The lowest BCUT2D eigenvalue weighted by atomic mass is 9.98. The van der Waals surface area contributed by atoms with Crippen molar-refractivity contribution >= 4 is 64.2 Å². The minimum Gasteiger partial charge on any atom is -0.489 e. The molecule has 3 fully saturated rings. The van der Waals surface area contributed by atoms with Crippen molar-refractivity contribution < 1.29 is 33.1 Å². The van der Waals surface area contributed by atoms with Gasteiger partial charge in [0.1, 0.15) is 11.9 Å². The number of unbranched alkanes of at least 4 members (excludes halogenated alkanes) is 1. The van der Waals surface area contributed by atoms with Crippen molar-refractivity contribution in [1.29, 1.82) is 0 Å². The minimum absolute atomic E-state index is 0.0216. The SMILES string of the molecule is Nc1ncc(-c2cnn(C3CCN(CCCCC(=O)N4CC(CNc5cccc6c5C(=O)N([C@@H]5CCC(=O)NC5=O)C6=O)C4)CC3)c2)cc1OCCc1c(Cl)ccc(F)c1Cl. The fourth-order valence-corrected chi connectivity index (χ4v) is 9.03. The van der Waals surface area contributed by atoms with Crippen LogP contribution in [0.5, 0.6) is 5.75 Å². The molecular weight excluding hydrogens is 828 g/mol. The summed E-state index contributed by atoms with van der Waals surface area (Å²) in [7, 11) is 0. The number of amides is 5. The van der Waals surface area contributed by atoms with Gasteiger partial charge in [-0.05, 0) is 74.5 Å². The predicted molar refractivity (Wildman–Crippen MR) is 226 cm³/mol. The van der Waals surface area contributed by atoms with Crippen LogP contribution in [0.25, 0.3) is 11.1 Å². The van der Waals surface area contributed by atoms with E-state index in [1.807, 2.05) is 28.0 Å². The average molecular weight is 875 g/mol. The topological polar surface area (TPSA) is 185 Å². The molecule has 0 aliphatic carbocycles. The van der Waals surface area contributed by atoms with E-state index in [0.717, 1.165) is 61.3 Å². The van der Waals surface area contributed by atoms with E-state index >= 15 is 0 Å². The van der Waals surface area contributed by atoms with Crippen LogP contribution < -0.4 is 21.1 Å². The summed E-state index contributed by atoms with van der Waals surface area (Å²) >= 11 is 12.3. The molecule has 61 heavy (non-hydrogen) atoms. The monoisotopic (exact) mass is 873 g/mol. The quantitative estimate of drug-likeness (QED) is 0.0793. The Morgan fingerprint density at radius 2 is 1.80 bits per heavy atom. The number of anilines is 2. The first kappa shape index (κ1) is 42.1. The number of imide groups is 2. The van der Waals surface area contributed by atoms with E-state index < -0.39 is 35.5 Å². The Hall–Kier alpha value is -5.58. The highest BCUT2D eigenvalue weighted by Gasteiger charge is 2.45. The first-order valence-corrected chi connectivity index (χ1v) is 21.3. The maximum atomic E-state index is 13.9. The van der Waals surface area contributed by atoms with Gasteiger partial charge in [0, 0.05) is 92.1 Å². The second-order valence-corrected chi connectivity index (χ2v) is 16.8. The van der Waals surface area contributed by atoms with Gasteiger partial charge in [0.25, 0.3) is 11.8 Å². The van der Waals surface area contributed by atoms with Crippen LogP contribution in [0.2, 0.25) is 10.0 Å². The Morgan fingerprint density at radius 3 is 2.59 bits per heavy atom. The molecule has 15 nitrogen and oxygen atoms in total. The number of carbonyl (C=O) groups is 5. The summed E-state index contributed by atoms with van der Waals surface area (Å²) in [6, 6.07) is 8.75. The number of rotatable bonds is 15. The summed E-state index contributed by atoms with van der Waals surface area (Å²) in [4.78, 5) is 73.1. The highest BCUT2D eigenvalue weighted by atomic mass is 35.5. The second kappa shape index (κ2) is 18.2. The third-order valence-electron chi connectivity index (χ3n) is 12.0. The zero-order valence-electron chi connectivity index (χ0n) is 33.4. The number of hydrogen-bond donors (Lipinski definition) is 3. The number of nitrogen functional groups attached to an aromatic ring is 1. The summed E-state index contributed by atoms with van der Waals surface area (Å²) in [5, 5.41) is 10.5. The molecule has 18 heteroatoms. The molecule has 0 radical (unpaired) electrons. The van der Waals surface area contributed by atoms with Crippen LogP contribution in [-0.4, -0.2) is 111 Å². The summed E-state index contributed by atoms with van der Waals surface area (Å²) in [6.45, 7) is 4.74. The number of aromatic nitrogens is 3. The number of ether oxygens (including phenoxy) is 1. The summed E-state index contributed by atoms with van der Waals surface area (Å²) < 4.78 is 21.8. The molecule has 4 aromatic rings. The number of halogens is 3. The number of fused-ring (bicyclic) bond motifs is 1. The standard InChI is InChI=1S/C43H46Cl2FN9O6/c44-31-7-8-32(46)39(45)29(31)13-17-61-35-18-26(20-49-40(35)47)27-21-50-54(24-27)28-11-15-52(16-12-28)14-2-1-6-37(57)53-22-25(23-53)19-48-33-5-3-4-30-38(33)43(60)55(42(30)59)34-9-10-36(56)51-41(34)58/h3-5,7-8,18,20-21,24-25,28,34,48H,1-2,6,9-17,19,22-23H2,(H2,47,49)(H,51,56,58)/t34-/m1/s1. The van der Waals surface area contributed by atoms with Crippen molar-refractivity contribution in [3.8, 4) is 16.9 Å². The van der Waals surface area contributed by atoms with E-state index in [9.17, 15) is 28.4 Å². The normalized spacial score (nSPS) is 18.6. The molecule has 0 unspecified atom stereocenters. The van der Waals surface area contributed by atoms with E-state index in [1.54, 1.807) is 24.4 Å². The van der Waals surface area contributed by atoms with Gasteiger partial charge >= 0.3 is 0 Å². The highest BCUT2D eigenvalue weighted by Crippen LogP contribution is 2.34. The predicted octanol–water partition coefficient (Wildman–Crippen LogP) is 5.37. The number of piperidine rings is 2. The fraction of sp³-hybridized carbons (Fsp3) is 0.419. The van der Waals surface area contributed by atoms with Gasteiger partial charge in [-0.3, -0.25) is 38.9 Å². The molecule has 4 aliphatic heterocycles. The lowest BCUT2D eigenvalue weighted by Gasteiger charge is -2.39. The largest absolute Gasteiger partial charge is 0.489 e. The zero-order valence-corrected chi connectivity index (χ0v) is 34.9. The lowest BCUT2D eigenvalue weighted by molar-refractivity contribution is -0.137. The van der Waals surface area contributed by atoms with Crippen LogP contribution in [0.4, 0.5) is 15.9 Å². The van der Waals surface area contributed by atoms with E-state index in [4.69, 9.17) is 33.7 Å². The highest BCUT2D eigenvalue weighted by molar-refractivity contribution is 6.36. The van der Waals surface area contributed by atoms with Gasteiger partial charge < -0.3 is 25.6 Å². The number of nitrogens with two attached hydrogens (primary N) is 1. The van der Waals surface area contributed by atoms with E-state index in [0.29, 0.717) is 54.5 Å². The Morgan fingerprint density at radius 1 is 1.00 bits per heavy atom. The Bertz CT molecular complexity index is 2360. The van der Waals surface area contributed by atoms with E-state index in [-0.39, 0.29) is 59.3 Å². The van der Waals surface area contributed by atoms with Crippen molar-refractivity contribution in [3.63, 3.8) is 0 Å². The number of nitrogens with one attached hydrogen (secondary N) is 2. The fourth-order valence-electron chi connectivity index (χ4n) is 8.47. The summed E-state index contributed by atoms with van der Waals surface area (Å²) in [5.41, 5.74) is 9.24. The molecule has 1 atom stereocenters. The molecular formula is C43H46Cl2FN9O6. The van der Waals surface area contributed by atoms with Crippen molar-refractivity contribution in [2.75, 3.05) is 56.9 Å². The van der Waals surface area contributed by atoms with Crippen molar-refractivity contribution in [2.45, 2.75) is 63.5 Å². The first-order chi connectivity index (χ1) is 29.4. The van der Waals surface area contributed by atoms with Crippen LogP contribution in [0.1, 0.15) is 77.3 Å². The molecule has 6 heterocycles. The molecule has 4 aliphatic rings. The second-order valence-electron chi connectivity index (χ2n) is 16.0. The van der Waals surface area contributed by atoms with Crippen LogP contribution in [0.15, 0.2) is 55.0 Å². The molecule has 4 N–H and O–H groups in total. The molecule has 3 saturated heterocycles. The number of pyridine rings is 1. The Kier molecular flexibility index (Phi) is 12.6. The van der Waals surface area contributed by atoms with Crippen LogP contribution in [-0.2, 0) is 20.8 Å². The number of benzene rings is 2. The molecule has 2 aromatic heterocycles. The Labute approximate surface area is 361 Å². The van der Waals surface area contributed by atoms with E-state index in [1.165, 1.54) is 12.1 Å². The zero-order chi connectivity index (χ0) is 42.8. The molecule has 0 saturated carbocycles. The van der Waals surface area contributed by atoms with Gasteiger partial charge in [-0.1, -0.05) is 29.3 Å². The maximum Gasteiger partial charge on any atom is 0.264 e. The summed E-state index contributed by atoms with van der Waals surface area (Å²) in [5.74, 6) is -1.72. The van der Waals surface area contributed by atoms with Crippen LogP contribution >= 0.6 is 23.2 Å².